The van der Waals surface area contributed by atoms with Crippen molar-refractivity contribution in [3.63, 3.8) is 0 Å². The Labute approximate surface area is 162 Å². The fourth-order valence-corrected chi connectivity index (χ4v) is 2.95. The molecule has 26 heavy (non-hydrogen) atoms. The second-order valence-corrected chi connectivity index (χ2v) is 6.96. The minimum atomic E-state index is -0.643. The van der Waals surface area contributed by atoms with Crippen LogP contribution in [0.3, 0.4) is 0 Å². The molecular weight excluding hydrogens is 372 g/mol. The highest BCUT2D eigenvalue weighted by Gasteiger charge is 2.21. The summed E-state index contributed by atoms with van der Waals surface area (Å²) in [4.78, 5) is 25.1. The number of nitrogens with one attached hydrogen (secondary N) is 2. The Morgan fingerprint density at radius 2 is 1.92 bits per heavy atom. The molecule has 2 amide bonds. The first-order valence-electron chi connectivity index (χ1n) is 8.03. The maximum absolute atomic E-state index is 12.6. The molecule has 138 valence electrons. The number of ether oxygens (including phenoxy) is 1. The molecule has 0 saturated carbocycles. The van der Waals surface area contributed by atoms with Crippen LogP contribution in [0.5, 0.6) is 5.75 Å². The highest BCUT2D eigenvalue weighted by Crippen LogP contribution is 2.16. The standard InChI is InChI=1S/C19H21ClN2O3S/c1-25-16-8-6-13(7-9-16)18(23)22-17(10-11-26-2)19(24)21-15-5-3-4-14(20)12-15/h3-9,12,17H,10-11H2,1-2H3,(H,21,24)(H,22,23)/t17-/m1/s1. The molecule has 0 aliphatic rings. The van der Waals surface area contributed by atoms with Crippen molar-refractivity contribution in [2.45, 2.75) is 12.5 Å². The predicted molar refractivity (Wildman–Crippen MR) is 107 cm³/mol. The summed E-state index contributed by atoms with van der Waals surface area (Å²) in [7, 11) is 1.56. The fourth-order valence-electron chi connectivity index (χ4n) is 2.28. The van der Waals surface area contributed by atoms with Gasteiger partial charge in [-0.3, -0.25) is 9.59 Å². The molecule has 2 N–H and O–H groups in total. The van der Waals surface area contributed by atoms with E-state index in [0.717, 1.165) is 5.75 Å². The first-order chi connectivity index (χ1) is 12.5. The van der Waals surface area contributed by atoms with Crippen LogP contribution in [0.4, 0.5) is 5.69 Å². The molecule has 2 aromatic rings. The van der Waals surface area contributed by atoms with Crippen LogP contribution >= 0.6 is 23.4 Å². The van der Waals surface area contributed by atoms with E-state index in [-0.39, 0.29) is 11.8 Å². The van der Waals surface area contributed by atoms with E-state index >= 15 is 0 Å². The fraction of sp³-hybridized carbons (Fsp3) is 0.263. The van der Waals surface area contributed by atoms with Gasteiger partial charge in [-0.2, -0.15) is 11.8 Å². The van der Waals surface area contributed by atoms with E-state index in [1.165, 1.54) is 0 Å². The van der Waals surface area contributed by atoms with Gasteiger partial charge in [0, 0.05) is 16.3 Å². The lowest BCUT2D eigenvalue weighted by Crippen LogP contribution is -2.44. The molecule has 2 aromatic carbocycles. The maximum Gasteiger partial charge on any atom is 0.251 e. The predicted octanol–water partition coefficient (Wildman–Crippen LogP) is 3.84. The number of halogens is 1. The van der Waals surface area contributed by atoms with Gasteiger partial charge in [-0.1, -0.05) is 17.7 Å². The molecule has 0 heterocycles. The summed E-state index contributed by atoms with van der Waals surface area (Å²) in [6, 6.07) is 13.0. The number of amides is 2. The van der Waals surface area contributed by atoms with Gasteiger partial charge in [0.1, 0.15) is 11.8 Å². The van der Waals surface area contributed by atoms with Crippen LogP contribution in [0.25, 0.3) is 0 Å². The van der Waals surface area contributed by atoms with Crippen LogP contribution in [0.1, 0.15) is 16.8 Å². The molecule has 7 heteroatoms. The zero-order chi connectivity index (χ0) is 18.9. The van der Waals surface area contributed by atoms with Crippen LogP contribution in [-0.2, 0) is 4.79 Å². The van der Waals surface area contributed by atoms with Gasteiger partial charge in [0.2, 0.25) is 5.91 Å². The van der Waals surface area contributed by atoms with Gasteiger partial charge >= 0.3 is 0 Å². The Bertz CT molecular complexity index is 753. The number of hydrogen-bond donors (Lipinski definition) is 2. The van der Waals surface area contributed by atoms with Crippen molar-refractivity contribution in [3.8, 4) is 5.75 Å². The van der Waals surface area contributed by atoms with E-state index in [9.17, 15) is 9.59 Å². The van der Waals surface area contributed by atoms with Crippen molar-refractivity contribution in [2.24, 2.45) is 0 Å². The molecular formula is C19H21ClN2O3S. The highest BCUT2D eigenvalue weighted by molar-refractivity contribution is 7.98. The second-order valence-electron chi connectivity index (χ2n) is 5.54. The normalized spacial score (nSPS) is 11.5. The number of benzene rings is 2. The Morgan fingerprint density at radius 3 is 2.54 bits per heavy atom. The summed E-state index contributed by atoms with van der Waals surface area (Å²) in [5.74, 6) is 0.832. The molecule has 0 aliphatic carbocycles. The van der Waals surface area contributed by atoms with Crippen LogP contribution < -0.4 is 15.4 Å². The first kappa shape index (κ1) is 20.1. The molecule has 0 bridgehead atoms. The number of anilines is 1. The van der Waals surface area contributed by atoms with Crippen LogP contribution in [0.2, 0.25) is 5.02 Å². The Kier molecular flexibility index (Phi) is 7.81. The second kappa shape index (κ2) is 10.1. The third-order valence-corrected chi connectivity index (χ3v) is 4.56. The van der Waals surface area contributed by atoms with E-state index < -0.39 is 6.04 Å². The zero-order valence-corrected chi connectivity index (χ0v) is 16.2. The maximum atomic E-state index is 12.6. The van der Waals surface area contributed by atoms with Gasteiger partial charge in [-0.05, 0) is 60.9 Å². The van der Waals surface area contributed by atoms with Crippen molar-refractivity contribution in [1.29, 1.82) is 0 Å². The third-order valence-electron chi connectivity index (χ3n) is 3.68. The lowest BCUT2D eigenvalue weighted by molar-refractivity contribution is -0.118. The summed E-state index contributed by atoms with van der Waals surface area (Å²) in [6.07, 6.45) is 2.48. The van der Waals surface area contributed by atoms with Crippen LogP contribution in [-0.4, -0.2) is 37.0 Å². The highest BCUT2D eigenvalue weighted by atomic mass is 35.5. The smallest absolute Gasteiger partial charge is 0.251 e. The molecule has 0 unspecified atom stereocenters. The van der Waals surface area contributed by atoms with Crippen molar-refractivity contribution < 1.29 is 14.3 Å². The number of rotatable bonds is 8. The molecule has 2 rings (SSSR count). The molecule has 0 fully saturated rings. The monoisotopic (exact) mass is 392 g/mol. The number of carbonyl (C=O) groups excluding carboxylic acids is 2. The summed E-state index contributed by atoms with van der Waals surface area (Å²) < 4.78 is 5.09. The molecule has 5 nitrogen and oxygen atoms in total. The van der Waals surface area contributed by atoms with Crippen molar-refractivity contribution >= 4 is 40.9 Å². The molecule has 1 atom stereocenters. The number of hydrogen-bond acceptors (Lipinski definition) is 4. The van der Waals surface area contributed by atoms with Crippen LogP contribution in [0, 0.1) is 0 Å². The summed E-state index contributed by atoms with van der Waals surface area (Å²) >= 11 is 7.56. The molecule has 0 saturated heterocycles. The Morgan fingerprint density at radius 1 is 1.19 bits per heavy atom. The molecule has 0 spiro atoms. The number of methoxy groups -OCH3 is 1. The van der Waals surface area contributed by atoms with Gasteiger partial charge in [0.25, 0.3) is 5.91 Å². The SMILES string of the molecule is COc1ccc(C(=O)N[C@H](CCSC)C(=O)Nc2cccc(Cl)c2)cc1. The minimum Gasteiger partial charge on any atom is -0.497 e. The number of carbonyl (C=O) groups is 2. The first-order valence-corrected chi connectivity index (χ1v) is 9.81. The third kappa shape index (κ3) is 5.97. The molecule has 0 aliphatic heterocycles. The summed E-state index contributed by atoms with van der Waals surface area (Å²) in [6.45, 7) is 0. The van der Waals surface area contributed by atoms with Gasteiger partial charge in [-0.25, -0.2) is 0 Å². The van der Waals surface area contributed by atoms with E-state index in [1.54, 1.807) is 67.4 Å². The Hall–Kier alpha value is -2.18. The van der Waals surface area contributed by atoms with E-state index in [2.05, 4.69) is 10.6 Å². The van der Waals surface area contributed by atoms with E-state index in [0.29, 0.717) is 28.4 Å². The molecule has 0 aromatic heterocycles. The topological polar surface area (TPSA) is 67.4 Å². The van der Waals surface area contributed by atoms with Gasteiger partial charge in [0.15, 0.2) is 0 Å². The summed E-state index contributed by atoms with van der Waals surface area (Å²) in [5.41, 5.74) is 1.06. The average molecular weight is 393 g/mol. The summed E-state index contributed by atoms with van der Waals surface area (Å²) in [5, 5.41) is 6.13. The quantitative estimate of drug-likeness (QED) is 0.716. The molecule has 0 radical (unpaired) electrons. The number of thioether (sulfide) groups is 1. The van der Waals surface area contributed by atoms with Crippen molar-refractivity contribution in [1.82, 2.24) is 5.32 Å². The van der Waals surface area contributed by atoms with E-state index in [1.807, 2.05) is 6.26 Å². The van der Waals surface area contributed by atoms with Gasteiger partial charge in [-0.15, -0.1) is 0 Å². The van der Waals surface area contributed by atoms with E-state index in [4.69, 9.17) is 16.3 Å². The van der Waals surface area contributed by atoms with Gasteiger partial charge < -0.3 is 15.4 Å². The minimum absolute atomic E-state index is 0.275. The van der Waals surface area contributed by atoms with Crippen LogP contribution in [0.15, 0.2) is 48.5 Å². The Balaban J connectivity index is 2.07. The lowest BCUT2D eigenvalue weighted by atomic mass is 10.1. The lowest BCUT2D eigenvalue weighted by Gasteiger charge is -2.18. The van der Waals surface area contributed by atoms with Crippen molar-refractivity contribution in [2.75, 3.05) is 24.4 Å². The average Bonchev–Trinajstić information content (AvgIpc) is 2.65. The van der Waals surface area contributed by atoms with Crippen molar-refractivity contribution in [3.05, 3.63) is 59.1 Å². The van der Waals surface area contributed by atoms with Gasteiger partial charge in [0.05, 0.1) is 7.11 Å². The zero-order valence-electron chi connectivity index (χ0n) is 14.6. The largest absolute Gasteiger partial charge is 0.497 e.